The van der Waals surface area contributed by atoms with Crippen LogP contribution in [0.4, 0.5) is 0 Å². The summed E-state index contributed by atoms with van der Waals surface area (Å²) in [5, 5.41) is 4.20. The lowest BCUT2D eigenvalue weighted by atomic mass is 10.2. The summed E-state index contributed by atoms with van der Waals surface area (Å²) < 4.78 is 7.63. The van der Waals surface area contributed by atoms with E-state index >= 15 is 0 Å². The highest BCUT2D eigenvalue weighted by Crippen LogP contribution is 2.08. The molecule has 5 heteroatoms. The molecule has 1 rings (SSSR count). The molecular weight excluding hydrogens is 269 g/mol. The van der Waals surface area contributed by atoms with E-state index in [0.717, 1.165) is 16.9 Å². The molecule has 1 aromatic heterocycles. The number of halogens is 1. The molecule has 4 nitrogen and oxygen atoms in total. The van der Waals surface area contributed by atoms with Gasteiger partial charge in [-0.1, -0.05) is 0 Å². The predicted molar refractivity (Wildman–Crippen MR) is 53.9 cm³/mol. The van der Waals surface area contributed by atoms with E-state index in [-0.39, 0.29) is 0 Å². The van der Waals surface area contributed by atoms with Crippen LogP contribution in [0.3, 0.4) is 0 Å². The van der Waals surface area contributed by atoms with Crippen LogP contribution in [0.1, 0.15) is 19.4 Å². The van der Waals surface area contributed by atoms with Gasteiger partial charge >= 0.3 is 0 Å². The average Bonchev–Trinajstić information content (AvgIpc) is 2.47. The fourth-order valence-corrected chi connectivity index (χ4v) is 1.26. The number of hydrogen-bond acceptors (Lipinski definition) is 3. The highest BCUT2D eigenvalue weighted by molar-refractivity contribution is 14.1. The second-order valence-corrected chi connectivity index (χ2v) is 3.59. The van der Waals surface area contributed by atoms with Crippen molar-refractivity contribution in [2.75, 3.05) is 13.7 Å². The summed E-state index contributed by atoms with van der Waals surface area (Å²) in [6.07, 6.45) is 2.72. The van der Waals surface area contributed by atoms with Gasteiger partial charge in [-0.3, -0.25) is 0 Å². The minimum Gasteiger partial charge on any atom is -0.385 e. The standard InChI is InChI=1S/C7H12IN3O/c1-6(3-4-12-2)11-5-9-7(8)10-11/h5-6H,3-4H2,1-2H3. The number of hydrogen-bond donors (Lipinski definition) is 0. The normalized spacial score (nSPS) is 13.2. The van der Waals surface area contributed by atoms with Gasteiger partial charge in [0.25, 0.3) is 0 Å². The van der Waals surface area contributed by atoms with E-state index in [2.05, 4.69) is 39.6 Å². The van der Waals surface area contributed by atoms with Gasteiger partial charge in [0.1, 0.15) is 6.33 Å². The van der Waals surface area contributed by atoms with Crippen molar-refractivity contribution in [3.63, 3.8) is 0 Å². The third-order valence-electron chi connectivity index (χ3n) is 1.67. The molecule has 0 N–H and O–H groups in total. The van der Waals surface area contributed by atoms with Crippen molar-refractivity contribution in [1.29, 1.82) is 0 Å². The predicted octanol–water partition coefficient (Wildman–Crippen LogP) is 1.48. The molecule has 1 unspecified atom stereocenters. The molecular formula is C7H12IN3O. The van der Waals surface area contributed by atoms with Crippen molar-refractivity contribution in [1.82, 2.24) is 14.8 Å². The molecule has 0 saturated heterocycles. The highest BCUT2D eigenvalue weighted by Gasteiger charge is 2.05. The van der Waals surface area contributed by atoms with E-state index < -0.39 is 0 Å². The minimum atomic E-state index is 0.362. The van der Waals surface area contributed by atoms with Crippen LogP contribution in [0.5, 0.6) is 0 Å². The summed E-state index contributed by atoms with van der Waals surface area (Å²) in [5.74, 6) is 0. The molecule has 0 aromatic carbocycles. The minimum absolute atomic E-state index is 0.362. The summed E-state index contributed by atoms with van der Waals surface area (Å²) in [5.41, 5.74) is 0. The molecule has 0 saturated carbocycles. The zero-order chi connectivity index (χ0) is 8.97. The van der Waals surface area contributed by atoms with Crippen LogP contribution >= 0.6 is 22.6 Å². The Morgan fingerprint density at radius 3 is 3.00 bits per heavy atom. The summed E-state index contributed by atoms with van der Waals surface area (Å²) in [6.45, 7) is 2.86. The maximum absolute atomic E-state index is 4.98. The first kappa shape index (κ1) is 9.91. The maximum atomic E-state index is 4.98. The van der Waals surface area contributed by atoms with E-state index in [1.807, 2.05) is 4.68 Å². The van der Waals surface area contributed by atoms with Crippen LogP contribution in [0, 0.1) is 3.83 Å². The van der Waals surface area contributed by atoms with E-state index in [0.29, 0.717) is 6.04 Å². The topological polar surface area (TPSA) is 39.9 Å². The number of ether oxygens (including phenoxy) is 1. The van der Waals surface area contributed by atoms with Crippen molar-refractivity contribution in [2.45, 2.75) is 19.4 Å². The summed E-state index contributed by atoms with van der Waals surface area (Å²) in [4.78, 5) is 4.04. The van der Waals surface area contributed by atoms with Crippen molar-refractivity contribution < 1.29 is 4.74 Å². The second kappa shape index (κ2) is 4.76. The Balaban J connectivity index is 2.47. The van der Waals surface area contributed by atoms with Crippen LogP contribution in [0.15, 0.2) is 6.33 Å². The van der Waals surface area contributed by atoms with Crippen molar-refractivity contribution in [3.8, 4) is 0 Å². The molecule has 1 heterocycles. The van der Waals surface area contributed by atoms with Crippen LogP contribution in [-0.2, 0) is 4.74 Å². The molecule has 0 bridgehead atoms. The van der Waals surface area contributed by atoms with Crippen molar-refractivity contribution >= 4 is 22.6 Å². The lowest BCUT2D eigenvalue weighted by molar-refractivity contribution is 0.178. The van der Waals surface area contributed by atoms with Gasteiger partial charge in [0.15, 0.2) is 0 Å². The molecule has 0 aliphatic carbocycles. The Morgan fingerprint density at radius 2 is 2.50 bits per heavy atom. The molecule has 0 amide bonds. The molecule has 0 aliphatic heterocycles. The number of aromatic nitrogens is 3. The molecule has 68 valence electrons. The van der Waals surface area contributed by atoms with Crippen LogP contribution < -0.4 is 0 Å². The van der Waals surface area contributed by atoms with Crippen molar-refractivity contribution in [2.24, 2.45) is 0 Å². The van der Waals surface area contributed by atoms with Crippen LogP contribution in [0.25, 0.3) is 0 Å². The first-order valence-electron chi connectivity index (χ1n) is 3.79. The van der Waals surface area contributed by atoms with Gasteiger partial charge in [0, 0.05) is 36.3 Å². The summed E-state index contributed by atoms with van der Waals surface area (Å²) >= 11 is 2.10. The number of rotatable bonds is 4. The maximum Gasteiger partial charge on any atom is 0.211 e. The third kappa shape index (κ3) is 2.71. The zero-order valence-electron chi connectivity index (χ0n) is 7.20. The van der Waals surface area contributed by atoms with E-state index in [9.17, 15) is 0 Å². The van der Waals surface area contributed by atoms with E-state index in [4.69, 9.17) is 4.74 Å². The Bertz CT molecular complexity index is 238. The van der Waals surface area contributed by atoms with Crippen LogP contribution in [0.2, 0.25) is 0 Å². The Kier molecular flexibility index (Phi) is 3.93. The lowest BCUT2D eigenvalue weighted by Gasteiger charge is -2.09. The monoisotopic (exact) mass is 281 g/mol. The molecule has 12 heavy (non-hydrogen) atoms. The SMILES string of the molecule is COCCC(C)n1cnc(I)n1. The molecule has 0 spiro atoms. The van der Waals surface area contributed by atoms with E-state index in [1.165, 1.54) is 0 Å². The third-order valence-corrected chi connectivity index (χ3v) is 2.17. The van der Waals surface area contributed by atoms with Gasteiger partial charge in [0.2, 0.25) is 3.83 Å². The molecule has 1 atom stereocenters. The molecule has 1 aromatic rings. The number of nitrogens with zero attached hydrogens (tertiary/aromatic N) is 3. The fraction of sp³-hybridized carbons (Fsp3) is 0.714. The smallest absolute Gasteiger partial charge is 0.211 e. The van der Waals surface area contributed by atoms with Gasteiger partial charge < -0.3 is 4.74 Å². The quantitative estimate of drug-likeness (QED) is 0.785. The summed E-state index contributed by atoms with van der Waals surface area (Å²) in [7, 11) is 1.71. The summed E-state index contributed by atoms with van der Waals surface area (Å²) in [6, 6.07) is 0.362. The van der Waals surface area contributed by atoms with Gasteiger partial charge in [-0.05, 0) is 13.3 Å². The molecule has 0 fully saturated rings. The first-order valence-corrected chi connectivity index (χ1v) is 4.87. The Morgan fingerprint density at radius 1 is 1.75 bits per heavy atom. The van der Waals surface area contributed by atoms with E-state index in [1.54, 1.807) is 13.4 Å². The van der Waals surface area contributed by atoms with Gasteiger partial charge in [0.05, 0.1) is 6.04 Å². The zero-order valence-corrected chi connectivity index (χ0v) is 9.35. The molecule has 0 radical (unpaired) electrons. The Labute approximate surface area is 85.5 Å². The van der Waals surface area contributed by atoms with Gasteiger partial charge in [-0.15, -0.1) is 5.10 Å². The largest absolute Gasteiger partial charge is 0.385 e. The van der Waals surface area contributed by atoms with Gasteiger partial charge in [-0.25, -0.2) is 9.67 Å². The highest BCUT2D eigenvalue weighted by atomic mass is 127. The Hall–Kier alpha value is -0.170. The number of methoxy groups -OCH3 is 1. The molecule has 0 aliphatic rings. The fourth-order valence-electron chi connectivity index (χ4n) is 0.887. The van der Waals surface area contributed by atoms with Crippen molar-refractivity contribution in [3.05, 3.63) is 10.2 Å². The average molecular weight is 281 g/mol. The second-order valence-electron chi connectivity index (χ2n) is 2.62. The first-order chi connectivity index (χ1) is 5.74. The van der Waals surface area contributed by atoms with Crippen LogP contribution in [-0.4, -0.2) is 28.5 Å². The van der Waals surface area contributed by atoms with Gasteiger partial charge in [-0.2, -0.15) is 0 Å². The lowest BCUT2D eigenvalue weighted by Crippen LogP contribution is -2.08.